The second kappa shape index (κ2) is 7.70. The van der Waals surface area contributed by atoms with E-state index in [4.69, 9.17) is 39.8 Å². The van der Waals surface area contributed by atoms with Gasteiger partial charge in [-0.1, -0.05) is 46.9 Å². The van der Waals surface area contributed by atoms with Gasteiger partial charge in [0.2, 0.25) is 5.91 Å². The number of fused-ring (bicyclic) bond motifs is 1. The van der Waals surface area contributed by atoms with Crippen LogP contribution < -0.4 is 0 Å². The quantitative estimate of drug-likeness (QED) is 0.557. The standard InChI is InChI=1S/C20H18Cl3N3O/c21-14-6-4-13(5-7-14)19-17(11-18(27)25-8-2-1-3-9-25)26-12-15(22)10-16(23)20(26)24-19/h4-7,10,12H,1-3,8-9,11H2. The number of carbonyl (C=O) groups excluding carboxylic acids is 1. The zero-order valence-electron chi connectivity index (χ0n) is 14.6. The first-order valence-electron chi connectivity index (χ1n) is 8.92. The summed E-state index contributed by atoms with van der Waals surface area (Å²) in [6, 6.07) is 9.08. The van der Waals surface area contributed by atoms with Crippen LogP contribution in [0.4, 0.5) is 0 Å². The summed E-state index contributed by atoms with van der Waals surface area (Å²) >= 11 is 18.6. The second-order valence-electron chi connectivity index (χ2n) is 6.73. The molecule has 0 aliphatic carbocycles. The van der Waals surface area contributed by atoms with Crippen LogP contribution in [0.3, 0.4) is 0 Å². The molecule has 1 aliphatic rings. The van der Waals surface area contributed by atoms with Crippen molar-refractivity contribution in [3.05, 3.63) is 57.3 Å². The van der Waals surface area contributed by atoms with Gasteiger partial charge < -0.3 is 9.30 Å². The number of halogens is 3. The Balaban J connectivity index is 1.81. The van der Waals surface area contributed by atoms with Gasteiger partial charge in [-0.3, -0.25) is 4.79 Å². The molecule has 1 fully saturated rings. The first kappa shape index (κ1) is 18.6. The van der Waals surface area contributed by atoms with Crippen LogP contribution in [0.2, 0.25) is 15.1 Å². The molecule has 27 heavy (non-hydrogen) atoms. The third-order valence-electron chi connectivity index (χ3n) is 4.89. The van der Waals surface area contributed by atoms with Crippen molar-refractivity contribution in [2.24, 2.45) is 0 Å². The Labute approximate surface area is 172 Å². The zero-order chi connectivity index (χ0) is 19.0. The molecular weight excluding hydrogens is 405 g/mol. The summed E-state index contributed by atoms with van der Waals surface area (Å²) in [7, 11) is 0. The number of amides is 1. The smallest absolute Gasteiger partial charge is 0.228 e. The largest absolute Gasteiger partial charge is 0.342 e. The van der Waals surface area contributed by atoms with Gasteiger partial charge in [0.15, 0.2) is 5.65 Å². The maximum atomic E-state index is 12.9. The van der Waals surface area contributed by atoms with E-state index in [1.54, 1.807) is 12.3 Å². The number of nitrogens with zero attached hydrogens (tertiary/aromatic N) is 3. The molecule has 4 nitrogen and oxygen atoms in total. The van der Waals surface area contributed by atoms with E-state index in [1.165, 1.54) is 6.42 Å². The molecule has 0 atom stereocenters. The van der Waals surface area contributed by atoms with Crippen molar-refractivity contribution in [3.8, 4) is 11.3 Å². The number of pyridine rings is 1. The Kier molecular flexibility index (Phi) is 5.31. The molecule has 2 aromatic heterocycles. The first-order chi connectivity index (χ1) is 13.0. The third-order valence-corrected chi connectivity index (χ3v) is 5.62. The number of piperidine rings is 1. The topological polar surface area (TPSA) is 37.6 Å². The molecule has 7 heteroatoms. The van der Waals surface area contributed by atoms with Crippen LogP contribution in [-0.2, 0) is 11.2 Å². The molecule has 140 valence electrons. The van der Waals surface area contributed by atoms with Crippen LogP contribution in [0.1, 0.15) is 25.0 Å². The summed E-state index contributed by atoms with van der Waals surface area (Å²) in [5, 5.41) is 1.60. The van der Waals surface area contributed by atoms with Crippen LogP contribution in [0.5, 0.6) is 0 Å². The van der Waals surface area contributed by atoms with E-state index >= 15 is 0 Å². The van der Waals surface area contributed by atoms with Crippen LogP contribution >= 0.6 is 34.8 Å². The Morgan fingerprint density at radius 3 is 2.41 bits per heavy atom. The summed E-state index contributed by atoms with van der Waals surface area (Å²) in [6.45, 7) is 1.63. The number of likely N-dealkylation sites (tertiary alicyclic amines) is 1. The lowest BCUT2D eigenvalue weighted by atomic mass is 10.1. The summed E-state index contributed by atoms with van der Waals surface area (Å²) in [6.07, 6.45) is 5.30. The van der Waals surface area contributed by atoms with E-state index in [-0.39, 0.29) is 12.3 Å². The predicted octanol–water partition coefficient (Wildman–Crippen LogP) is 5.52. The molecule has 1 saturated heterocycles. The molecule has 1 amide bonds. The van der Waals surface area contributed by atoms with Gasteiger partial charge in [-0.2, -0.15) is 0 Å². The van der Waals surface area contributed by atoms with Crippen LogP contribution in [0, 0.1) is 0 Å². The first-order valence-corrected chi connectivity index (χ1v) is 10.1. The van der Waals surface area contributed by atoms with Gasteiger partial charge in [-0.15, -0.1) is 0 Å². The molecule has 1 aromatic carbocycles. The highest BCUT2D eigenvalue weighted by Gasteiger charge is 2.23. The van der Waals surface area contributed by atoms with E-state index in [0.717, 1.165) is 42.9 Å². The predicted molar refractivity (Wildman–Crippen MR) is 110 cm³/mol. The normalized spacial score (nSPS) is 14.7. The van der Waals surface area contributed by atoms with Gasteiger partial charge in [0.05, 0.1) is 27.9 Å². The molecular formula is C20H18Cl3N3O. The number of imidazole rings is 1. The Bertz CT molecular complexity index is 992. The Hall–Kier alpha value is -1.75. The lowest BCUT2D eigenvalue weighted by Gasteiger charge is -2.26. The average molecular weight is 423 g/mol. The Morgan fingerprint density at radius 2 is 1.70 bits per heavy atom. The van der Waals surface area contributed by atoms with Crippen molar-refractivity contribution in [1.29, 1.82) is 0 Å². The van der Waals surface area contributed by atoms with Gasteiger partial charge >= 0.3 is 0 Å². The van der Waals surface area contributed by atoms with Crippen LogP contribution in [0.15, 0.2) is 36.5 Å². The fourth-order valence-corrected chi connectivity index (χ4v) is 4.17. The minimum absolute atomic E-state index is 0.0998. The van der Waals surface area contributed by atoms with E-state index in [0.29, 0.717) is 20.7 Å². The van der Waals surface area contributed by atoms with Gasteiger partial charge in [-0.25, -0.2) is 4.98 Å². The van der Waals surface area contributed by atoms with Crippen LogP contribution in [-0.4, -0.2) is 33.3 Å². The highest BCUT2D eigenvalue weighted by atomic mass is 35.5. The highest BCUT2D eigenvalue weighted by Crippen LogP contribution is 2.31. The van der Waals surface area contributed by atoms with Gasteiger partial charge in [-0.05, 0) is 37.5 Å². The number of benzene rings is 1. The number of hydrogen-bond donors (Lipinski definition) is 0. The summed E-state index contributed by atoms with van der Waals surface area (Å²) in [4.78, 5) is 19.6. The van der Waals surface area contributed by atoms with Crippen molar-refractivity contribution >= 4 is 46.4 Å². The van der Waals surface area contributed by atoms with Crippen molar-refractivity contribution in [1.82, 2.24) is 14.3 Å². The summed E-state index contributed by atoms with van der Waals surface area (Å²) < 4.78 is 1.83. The molecule has 0 saturated carbocycles. The van der Waals surface area contributed by atoms with E-state index in [9.17, 15) is 4.79 Å². The minimum Gasteiger partial charge on any atom is -0.342 e. The fourth-order valence-electron chi connectivity index (χ4n) is 3.53. The van der Waals surface area contributed by atoms with Gasteiger partial charge in [0, 0.05) is 29.9 Å². The lowest BCUT2D eigenvalue weighted by molar-refractivity contribution is -0.131. The number of aromatic nitrogens is 2. The van der Waals surface area contributed by atoms with E-state index in [2.05, 4.69) is 0 Å². The van der Waals surface area contributed by atoms with E-state index < -0.39 is 0 Å². The van der Waals surface area contributed by atoms with Crippen molar-refractivity contribution in [2.45, 2.75) is 25.7 Å². The fraction of sp³-hybridized carbons (Fsp3) is 0.300. The van der Waals surface area contributed by atoms with Crippen molar-refractivity contribution < 1.29 is 4.79 Å². The molecule has 3 aromatic rings. The monoisotopic (exact) mass is 421 g/mol. The Morgan fingerprint density at radius 1 is 1.00 bits per heavy atom. The summed E-state index contributed by atoms with van der Waals surface area (Å²) in [5.41, 5.74) is 2.98. The molecule has 0 radical (unpaired) electrons. The van der Waals surface area contributed by atoms with E-state index in [1.807, 2.05) is 33.6 Å². The maximum Gasteiger partial charge on any atom is 0.228 e. The lowest BCUT2D eigenvalue weighted by Crippen LogP contribution is -2.36. The average Bonchev–Trinajstić information content (AvgIpc) is 3.02. The minimum atomic E-state index is 0.0998. The number of rotatable bonds is 3. The number of carbonyl (C=O) groups is 1. The molecule has 0 unspecified atom stereocenters. The molecule has 1 aliphatic heterocycles. The van der Waals surface area contributed by atoms with Crippen LogP contribution in [0.25, 0.3) is 16.9 Å². The van der Waals surface area contributed by atoms with Gasteiger partial charge in [0.1, 0.15) is 0 Å². The van der Waals surface area contributed by atoms with Gasteiger partial charge in [0.25, 0.3) is 0 Å². The van der Waals surface area contributed by atoms with Crippen molar-refractivity contribution in [2.75, 3.05) is 13.1 Å². The molecule has 4 rings (SSSR count). The molecule has 3 heterocycles. The summed E-state index contributed by atoms with van der Waals surface area (Å²) in [5.74, 6) is 0.0998. The second-order valence-corrected chi connectivity index (χ2v) is 8.01. The zero-order valence-corrected chi connectivity index (χ0v) is 16.9. The molecule has 0 bridgehead atoms. The molecule has 0 N–H and O–H groups in total. The highest BCUT2D eigenvalue weighted by molar-refractivity contribution is 6.36. The molecule has 0 spiro atoms. The maximum absolute atomic E-state index is 12.9. The van der Waals surface area contributed by atoms with Crippen molar-refractivity contribution in [3.63, 3.8) is 0 Å². The third kappa shape index (κ3) is 3.79. The number of hydrogen-bond acceptors (Lipinski definition) is 2. The SMILES string of the molecule is O=C(Cc1c(-c2ccc(Cl)cc2)nc2c(Cl)cc(Cl)cn12)N1CCCCC1.